The van der Waals surface area contributed by atoms with Gasteiger partial charge in [-0.15, -0.1) is 0 Å². The molecule has 3 rings (SSSR count). The smallest absolute Gasteiger partial charge is 0.253 e. The van der Waals surface area contributed by atoms with Crippen molar-refractivity contribution in [3.8, 4) is 5.88 Å². The second kappa shape index (κ2) is 7.74. The van der Waals surface area contributed by atoms with E-state index in [2.05, 4.69) is 10.3 Å². The van der Waals surface area contributed by atoms with Crippen molar-refractivity contribution in [2.24, 2.45) is 0 Å². The van der Waals surface area contributed by atoms with Crippen molar-refractivity contribution in [1.82, 2.24) is 10.3 Å². The minimum Gasteiger partial charge on any atom is -0.474 e. The van der Waals surface area contributed by atoms with E-state index in [0.29, 0.717) is 18.0 Å². The van der Waals surface area contributed by atoms with Gasteiger partial charge in [-0.25, -0.2) is 4.98 Å². The number of aromatic nitrogens is 1. The number of carbonyl (C=O) groups excluding carboxylic acids is 1. The first-order chi connectivity index (χ1) is 11.3. The van der Waals surface area contributed by atoms with E-state index in [-0.39, 0.29) is 12.0 Å². The number of amides is 1. The molecule has 1 fully saturated rings. The lowest BCUT2D eigenvalue weighted by Gasteiger charge is -2.22. The zero-order valence-corrected chi connectivity index (χ0v) is 12.9. The Morgan fingerprint density at radius 3 is 2.65 bits per heavy atom. The maximum atomic E-state index is 12.1. The molecule has 0 spiro atoms. The largest absolute Gasteiger partial charge is 0.474 e. The van der Waals surface area contributed by atoms with E-state index in [0.717, 1.165) is 31.6 Å². The first-order valence-corrected chi connectivity index (χ1v) is 7.84. The van der Waals surface area contributed by atoms with Gasteiger partial charge >= 0.3 is 0 Å². The van der Waals surface area contributed by atoms with Crippen molar-refractivity contribution >= 4 is 5.91 Å². The molecule has 0 unspecified atom stereocenters. The molecule has 0 aliphatic carbocycles. The Hall–Kier alpha value is -2.40. The quantitative estimate of drug-likeness (QED) is 0.922. The predicted octanol–water partition coefficient (Wildman–Crippen LogP) is 2.57. The van der Waals surface area contributed by atoms with Crippen molar-refractivity contribution in [2.45, 2.75) is 25.5 Å². The van der Waals surface area contributed by atoms with Gasteiger partial charge in [-0.3, -0.25) is 4.79 Å². The fourth-order valence-corrected chi connectivity index (χ4v) is 2.43. The summed E-state index contributed by atoms with van der Waals surface area (Å²) in [5.41, 5.74) is 1.59. The zero-order chi connectivity index (χ0) is 15.9. The van der Waals surface area contributed by atoms with Crippen LogP contribution in [0.4, 0.5) is 0 Å². The molecule has 0 saturated carbocycles. The molecule has 1 aliphatic rings. The molecule has 1 aliphatic heterocycles. The fraction of sp³-hybridized carbons (Fsp3) is 0.333. The summed E-state index contributed by atoms with van der Waals surface area (Å²) in [5.74, 6) is 0.412. The number of hydrogen-bond acceptors (Lipinski definition) is 4. The van der Waals surface area contributed by atoms with Gasteiger partial charge < -0.3 is 14.8 Å². The van der Waals surface area contributed by atoms with E-state index in [9.17, 15) is 4.79 Å². The summed E-state index contributed by atoms with van der Waals surface area (Å²) in [6.07, 6.45) is 3.45. The molecule has 1 saturated heterocycles. The molecular weight excluding hydrogens is 292 g/mol. The van der Waals surface area contributed by atoms with Crippen LogP contribution in [0.3, 0.4) is 0 Å². The molecule has 1 aromatic carbocycles. The third kappa shape index (κ3) is 4.53. The summed E-state index contributed by atoms with van der Waals surface area (Å²) < 4.78 is 11.1. The van der Waals surface area contributed by atoms with Crippen molar-refractivity contribution in [3.05, 3.63) is 59.8 Å². The van der Waals surface area contributed by atoms with Crippen LogP contribution >= 0.6 is 0 Å². The van der Waals surface area contributed by atoms with Crippen LogP contribution in [0, 0.1) is 0 Å². The number of hydrogen-bond donors (Lipinski definition) is 1. The number of carbonyl (C=O) groups is 1. The van der Waals surface area contributed by atoms with Gasteiger partial charge in [0.2, 0.25) is 5.88 Å². The summed E-state index contributed by atoms with van der Waals surface area (Å²) >= 11 is 0. The standard InChI is InChI=1S/C18H20N2O3/c21-18(20-12-14-4-2-1-3-5-14)15-6-7-17(19-13-15)23-16-8-10-22-11-9-16/h1-7,13,16H,8-12H2,(H,20,21). The third-order valence-corrected chi connectivity index (χ3v) is 3.75. The summed E-state index contributed by atoms with van der Waals surface area (Å²) in [7, 11) is 0. The number of nitrogens with zero attached hydrogens (tertiary/aromatic N) is 1. The van der Waals surface area contributed by atoms with E-state index in [1.807, 2.05) is 30.3 Å². The number of rotatable bonds is 5. The minimum atomic E-state index is -0.140. The van der Waals surface area contributed by atoms with Crippen molar-refractivity contribution in [1.29, 1.82) is 0 Å². The second-order valence-electron chi connectivity index (χ2n) is 5.48. The van der Waals surface area contributed by atoms with Gasteiger partial charge in [0.05, 0.1) is 18.8 Å². The third-order valence-electron chi connectivity index (χ3n) is 3.75. The van der Waals surface area contributed by atoms with Gasteiger partial charge in [0.15, 0.2) is 0 Å². The Morgan fingerprint density at radius 2 is 1.96 bits per heavy atom. The Bertz CT molecular complexity index is 622. The lowest BCUT2D eigenvalue weighted by molar-refractivity contribution is 0.0237. The summed E-state index contributed by atoms with van der Waals surface area (Å²) in [6, 6.07) is 13.3. The fourth-order valence-electron chi connectivity index (χ4n) is 2.43. The number of ether oxygens (including phenoxy) is 2. The molecule has 5 heteroatoms. The topological polar surface area (TPSA) is 60.5 Å². The average molecular weight is 312 g/mol. The van der Waals surface area contributed by atoms with Crippen LogP contribution in [0.25, 0.3) is 0 Å². The lowest BCUT2D eigenvalue weighted by Crippen LogP contribution is -2.26. The van der Waals surface area contributed by atoms with Crippen LogP contribution in [0.5, 0.6) is 5.88 Å². The lowest BCUT2D eigenvalue weighted by atomic mass is 10.1. The first-order valence-electron chi connectivity index (χ1n) is 7.84. The monoisotopic (exact) mass is 312 g/mol. The van der Waals surface area contributed by atoms with Crippen LogP contribution in [0.1, 0.15) is 28.8 Å². The first kappa shape index (κ1) is 15.5. The number of nitrogens with one attached hydrogen (secondary N) is 1. The molecule has 23 heavy (non-hydrogen) atoms. The highest BCUT2D eigenvalue weighted by atomic mass is 16.5. The van der Waals surface area contributed by atoms with E-state index in [4.69, 9.17) is 9.47 Å². The van der Waals surface area contributed by atoms with Crippen LogP contribution in [-0.4, -0.2) is 30.2 Å². The van der Waals surface area contributed by atoms with E-state index < -0.39 is 0 Å². The molecule has 2 aromatic rings. The normalized spacial score (nSPS) is 15.1. The second-order valence-corrected chi connectivity index (χ2v) is 5.48. The van der Waals surface area contributed by atoms with E-state index in [1.54, 1.807) is 18.3 Å². The molecule has 1 N–H and O–H groups in total. The van der Waals surface area contributed by atoms with Crippen LogP contribution in [0.15, 0.2) is 48.7 Å². The maximum Gasteiger partial charge on any atom is 0.253 e. The molecule has 5 nitrogen and oxygen atoms in total. The highest BCUT2D eigenvalue weighted by Gasteiger charge is 2.16. The predicted molar refractivity (Wildman–Crippen MR) is 86.3 cm³/mol. The van der Waals surface area contributed by atoms with Gasteiger partial charge in [-0.05, 0) is 11.6 Å². The Balaban J connectivity index is 1.52. The Kier molecular flexibility index (Phi) is 5.21. The maximum absolute atomic E-state index is 12.1. The van der Waals surface area contributed by atoms with E-state index in [1.165, 1.54) is 0 Å². The number of benzene rings is 1. The highest BCUT2D eigenvalue weighted by molar-refractivity contribution is 5.93. The molecule has 120 valence electrons. The average Bonchev–Trinajstić information content (AvgIpc) is 2.62. The Morgan fingerprint density at radius 1 is 1.17 bits per heavy atom. The summed E-state index contributed by atoms with van der Waals surface area (Å²) in [4.78, 5) is 16.3. The molecular formula is C18H20N2O3. The van der Waals surface area contributed by atoms with Crippen LogP contribution < -0.4 is 10.1 Å². The van der Waals surface area contributed by atoms with Gasteiger partial charge in [-0.2, -0.15) is 0 Å². The number of pyridine rings is 1. The van der Waals surface area contributed by atoms with Gasteiger partial charge in [0.1, 0.15) is 6.10 Å². The van der Waals surface area contributed by atoms with Gasteiger partial charge in [0.25, 0.3) is 5.91 Å². The highest BCUT2D eigenvalue weighted by Crippen LogP contribution is 2.16. The van der Waals surface area contributed by atoms with Crippen molar-refractivity contribution in [2.75, 3.05) is 13.2 Å². The molecule has 0 atom stereocenters. The molecule has 1 amide bonds. The van der Waals surface area contributed by atoms with Crippen LogP contribution in [-0.2, 0) is 11.3 Å². The molecule has 1 aromatic heterocycles. The molecule has 0 bridgehead atoms. The van der Waals surface area contributed by atoms with Gasteiger partial charge in [0, 0.05) is 31.6 Å². The van der Waals surface area contributed by atoms with Crippen molar-refractivity contribution in [3.63, 3.8) is 0 Å². The van der Waals surface area contributed by atoms with Gasteiger partial charge in [-0.1, -0.05) is 30.3 Å². The van der Waals surface area contributed by atoms with Crippen molar-refractivity contribution < 1.29 is 14.3 Å². The molecule has 2 heterocycles. The minimum absolute atomic E-state index is 0.140. The van der Waals surface area contributed by atoms with Crippen LogP contribution in [0.2, 0.25) is 0 Å². The summed E-state index contributed by atoms with van der Waals surface area (Å²) in [5, 5.41) is 2.88. The molecule has 0 radical (unpaired) electrons. The van der Waals surface area contributed by atoms with E-state index >= 15 is 0 Å². The summed E-state index contributed by atoms with van der Waals surface area (Å²) in [6.45, 7) is 1.95. The Labute approximate surface area is 135 Å². The zero-order valence-electron chi connectivity index (χ0n) is 12.9. The SMILES string of the molecule is O=C(NCc1ccccc1)c1ccc(OC2CCOCC2)nc1.